The number of aryl methyl sites for hydroxylation is 6. The molecule has 0 saturated heterocycles. The molecule has 0 aliphatic rings. The van der Waals surface area contributed by atoms with E-state index < -0.39 is 0 Å². The lowest BCUT2D eigenvalue weighted by molar-refractivity contribution is 1.03. The van der Waals surface area contributed by atoms with Crippen LogP contribution in [0.25, 0.3) is 38.2 Å². The molecule has 0 aliphatic carbocycles. The Hall–Kier alpha value is -7.82. The first-order chi connectivity index (χ1) is 33.1. The number of aromatic nitrogens is 3. The van der Waals surface area contributed by atoms with E-state index in [2.05, 4.69) is 83.7 Å². The molecule has 0 saturated carbocycles. The molecule has 7 aromatic carbocycles. The zero-order valence-electron chi connectivity index (χ0n) is 40.8. The van der Waals surface area contributed by atoms with Gasteiger partial charge in [-0.25, -0.2) is 9.69 Å². The van der Waals surface area contributed by atoms with Gasteiger partial charge in [0.05, 0.1) is 13.1 Å². The van der Waals surface area contributed by atoms with Crippen LogP contribution in [0.2, 0.25) is 0 Å². The second-order valence-electron chi connectivity index (χ2n) is 16.5. The predicted molar refractivity (Wildman–Crippen MR) is 292 cm³/mol. The highest BCUT2D eigenvalue weighted by atomic mass is 35.5. The van der Waals surface area contributed by atoms with Crippen molar-refractivity contribution in [1.82, 2.24) is 14.8 Å². The van der Waals surface area contributed by atoms with Gasteiger partial charge in [0.25, 0.3) is 0 Å². The molecule has 8 aromatic rings. The number of halogens is 2. The van der Waals surface area contributed by atoms with E-state index in [1.807, 2.05) is 177 Å². The summed E-state index contributed by atoms with van der Waals surface area (Å²) in [5.74, 6) is 1.56. The van der Waals surface area contributed by atoms with Crippen LogP contribution in [0, 0.1) is 68.5 Å². The Morgan fingerprint density at radius 2 is 1.01 bits per heavy atom. The molecule has 0 unspecified atom stereocenters. The fourth-order valence-corrected chi connectivity index (χ4v) is 8.03. The number of anilines is 2. The van der Waals surface area contributed by atoms with E-state index in [1.54, 1.807) is 0 Å². The molecule has 8 rings (SSSR count). The van der Waals surface area contributed by atoms with Gasteiger partial charge in [0.15, 0.2) is 33.4 Å². The summed E-state index contributed by atoms with van der Waals surface area (Å²) in [5.41, 5.74) is 22.0. The Morgan fingerprint density at radius 1 is 0.536 bits per heavy atom. The topological polar surface area (TPSA) is 93.4 Å². The number of para-hydroxylation sites is 1. The van der Waals surface area contributed by atoms with Crippen LogP contribution in [-0.4, -0.2) is 39.2 Å². The number of hydrogen-bond donors (Lipinski definition) is 1. The van der Waals surface area contributed by atoms with Crippen LogP contribution >= 0.6 is 23.2 Å². The second-order valence-corrected chi connectivity index (χ2v) is 17.2. The molecule has 9 nitrogen and oxygen atoms in total. The van der Waals surface area contributed by atoms with Gasteiger partial charge in [-0.05, 0) is 112 Å². The van der Waals surface area contributed by atoms with Crippen molar-refractivity contribution in [1.29, 1.82) is 0 Å². The van der Waals surface area contributed by atoms with Crippen molar-refractivity contribution in [3.8, 4) is 28.5 Å². The molecule has 1 aromatic heterocycles. The van der Waals surface area contributed by atoms with E-state index >= 15 is 0 Å². The standard InChI is InChI=1S/C25H22N4.C15H12Cl2N2.C10H12N2.C8H11N/c1-16-11-9-10-14-21(16)25-28-27-24(20-12-7-6-8-13-20)29(25)23-18(3)15-17(2)22(26-5)19(23)4;1-11-7-5-6-10-13(11)15(17)19-18-14(16)12-8-3-2-4-9-12;1-6-5-7(2)10(12-4)8(3)9(6)11;1-9(2)8-6-4-3-5-7-8/h6-15H,1-4H3;2-10H,1H3;5H,11H2,1-3H3;3-7H,1-2H3/b;18-14-,19-15-;;. The molecule has 0 atom stereocenters. The van der Waals surface area contributed by atoms with Crippen LogP contribution in [0.5, 0.6) is 0 Å². The Bertz CT molecular complexity index is 3160. The number of nitrogens with two attached hydrogens (primary N) is 1. The van der Waals surface area contributed by atoms with Gasteiger partial charge in [0, 0.05) is 53.4 Å². The molecule has 0 amide bonds. The summed E-state index contributed by atoms with van der Waals surface area (Å²) in [6.07, 6.45) is 0. The van der Waals surface area contributed by atoms with Crippen molar-refractivity contribution in [2.45, 2.75) is 55.4 Å². The zero-order chi connectivity index (χ0) is 50.2. The summed E-state index contributed by atoms with van der Waals surface area (Å²) in [6.45, 7) is 30.6. The zero-order valence-corrected chi connectivity index (χ0v) is 42.4. The first-order valence-electron chi connectivity index (χ1n) is 22.2. The summed E-state index contributed by atoms with van der Waals surface area (Å²) in [5, 5.41) is 17.7. The molecule has 348 valence electrons. The van der Waals surface area contributed by atoms with Crippen molar-refractivity contribution < 1.29 is 0 Å². The fraction of sp³-hybridized carbons (Fsp3) is 0.172. The van der Waals surface area contributed by atoms with E-state index in [0.717, 1.165) is 89.8 Å². The maximum absolute atomic E-state index is 7.67. The first kappa shape index (κ1) is 52.2. The molecule has 0 spiro atoms. The quantitative estimate of drug-likeness (QED) is 0.0745. The number of rotatable bonds is 7. The summed E-state index contributed by atoms with van der Waals surface area (Å²) in [6, 6.07) is 49.7. The lowest BCUT2D eigenvalue weighted by Gasteiger charge is -2.19. The first-order valence-corrected chi connectivity index (χ1v) is 22.9. The SMILES string of the molecule is CN(C)c1ccccc1.Cc1ccccc1/C(Cl)=N/N=C(\Cl)c1ccccc1.[C-]#[N+]c1c(C)cc(C)c(-n2c(-c3ccccc3)nnc2-c2ccccc2C)c1C.[C-]#[N+]c1c(C)cc(C)c(N)c1C. The van der Waals surface area contributed by atoms with Crippen molar-refractivity contribution in [2.75, 3.05) is 24.7 Å². The van der Waals surface area contributed by atoms with E-state index in [9.17, 15) is 0 Å². The van der Waals surface area contributed by atoms with Crippen LogP contribution < -0.4 is 10.6 Å². The summed E-state index contributed by atoms with van der Waals surface area (Å²) < 4.78 is 2.11. The van der Waals surface area contributed by atoms with Crippen molar-refractivity contribution in [3.05, 3.63) is 230 Å². The van der Waals surface area contributed by atoms with Gasteiger partial charge < -0.3 is 10.6 Å². The summed E-state index contributed by atoms with van der Waals surface area (Å²) in [7, 11) is 4.07. The molecule has 0 aliphatic heterocycles. The second kappa shape index (κ2) is 24.8. The minimum absolute atomic E-state index is 0.312. The molecule has 2 N–H and O–H groups in total. The lowest BCUT2D eigenvalue weighted by atomic mass is 10.0. The van der Waals surface area contributed by atoms with Gasteiger partial charge in [-0.2, -0.15) is 0 Å². The summed E-state index contributed by atoms with van der Waals surface area (Å²) >= 11 is 12.2. The van der Waals surface area contributed by atoms with E-state index in [-0.39, 0.29) is 0 Å². The highest BCUT2D eigenvalue weighted by Crippen LogP contribution is 2.38. The van der Waals surface area contributed by atoms with Crippen LogP contribution in [-0.2, 0) is 0 Å². The molecular formula is C58H57Cl2N9. The van der Waals surface area contributed by atoms with Crippen LogP contribution in [0.15, 0.2) is 162 Å². The normalized spacial score (nSPS) is 10.8. The van der Waals surface area contributed by atoms with Crippen molar-refractivity contribution in [2.24, 2.45) is 10.2 Å². The van der Waals surface area contributed by atoms with Gasteiger partial charge in [-0.15, -0.1) is 20.4 Å². The van der Waals surface area contributed by atoms with Gasteiger partial charge in [0.1, 0.15) is 0 Å². The monoisotopic (exact) mass is 949 g/mol. The maximum atomic E-state index is 7.67. The predicted octanol–water partition coefficient (Wildman–Crippen LogP) is 15.5. The number of benzene rings is 7. The number of hydrogen-bond acceptors (Lipinski definition) is 6. The Morgan fingerprint density at radius 3 is 1.57 bits per heavy atom. The number of nitrogens with zero attached hydrogens (tertiary/aromatic N) is 8. The highest BCUT2D eigenvalue weighted by molar-refractivity contribution is 6.71. The largest absolute Gasteiger partial charge is 0.399 e. The molecule has 1 heterocycles. The maximum Gasteiger partial charge on any atom is 0.195 e. The van der Waals surface area contributed by atoms with Gasteiger partial charge in [-0.1, -0.05) is 163 Å². The van der Waals surface area contributed by atoms with Crippen LogP contribution in [0.1, 0.15) is 55.6 Å². The smallest absolute Gasteiger partial charge is 0.195 e. The van der Waals surface area contributed by atoms with Gasteiger partial charge >= 0.3 is 0 Å². The molecule has 11 heteroatoms. The molecule has 0 fully saturated rings. The van der Waals surface area contributed by atoms with Gasteiger partial charge in [-0.3, -0.25) is 4.57 Å². The minimum atomic E-state index is 0.312. The van der Waals surface area contributed by atoms with E-state index in [1.165, 1.54) is 5.69 Å². The van der Waals surface area contributed by atoms with E-state index in [0.29, 0.717) is 21.7 Å². The third-order valence-corrected chi connectivity index (χ3v) is 11.9. The third-order valence-electron chi connectivity index (χ3n) is 11.3. The van der Waals surface area contributed by atoms with Gasteiger partial charge in [0.2, 0.25) is 0 Å². The minimum Gasteiger partial charge on any atom is -0.399 e. The third kappa shape index (κ3) is 13.2. The highest BCUT2D eigenvalue weighted by Gasteiger charge is 2.23. The average molecular weight is 951 g/mol. The van der Waals surface area contributed by atoms with Crippen LogP contribution in [0.3, 0.4) is 0 Å². The fourth-order valence-electron chi connectivity index (χ4n) is 7.62. The molecule has 69 heavy (non-hydrogen) atoms. The van der Waals surface area contributed by atoms with Crippen molar-refractivity contribution >= 4 is 56.3 Å². The average Bonchev–Trinajstić information content (AvgIpc) is 3.78. The van der Waals surface area contributed by atoms with E-state index in [4.69, 9.17) is 42.1 Å². The van der Waals surface area contributed by atoms with Crippen LogP contribution in [0.4, 0.5) is 22.7 Å². The summed E-state index contributed by atoms with van der Waals surface area (Å²) in [4.78, 5) is 9.32. The lowest BCUT2D eigenvalue weighted by Crippen LogP contribution is -2.07. The molecule has 0 bridgehead atoms. The molecular weight excluding hydrogens is 894 g/mol. The Labute approximate surface area is 417 Å². The molecule has 0 radical (unpaired) electrons. The number of nitrogen functional groups attached to an aromatic ring is 1. The van der Waals surface area contributed by atoms with Crippen molar-refractivity contribution in [3.63, 3.8) is 0 Å². The Balaban J connectivity index is 0.000000190. The Kier molecular flexibility index (Phi) is 18.7.